The molecule has 0 unspecified atom stereocenters. The fraction of sp³-hybridized carbons (Fsp3) is 0.438. The van der Waals surface area contributed by atoms with E-state index in [4.69, 9.17) is 16.0 Å². The number of pyridine rings is 2. The molecule has 0 amide bonds. The molecule has 5 rings (SSSR count). The number of aromatic nitrogens is 3. The van der Waals surface area contributed by atoms with Crippen molar-refractivity contribution in [2.75, 3.05) is 5.32 Å². The smallest absolute Gasteiger partial charge is 0.269 e. The minimum absolute atomic E-state index is 0.0307. The van der Waals surface area contributed by atoms with E-state index in [1.807, 2.05) is 6.92 Å². The predicted octanol–water partition coefficient (Wildman–Crippen LogP) is 7.46. The quantitative estimate of drug-likeness (QED) is 0.199. The second kappa shape index (κ2) is 11.8. The first-order valence-corrected chi connectivity index (χ1v) is 19.5. The molecule has 0 spiro atoms. The van der Waals surface area contributed by atoms with Gasteiger partial charge in [-0.3, -0.25) is 4.98 Å². The van der Waals surface area contributed by atoms with Gasteiger partial charge >= 0.3 is 0 Å². The van der Waals surface area contributed by atoms with E-state index in [0.29, 0.717) is 40.1 Å². The molecule has 1 saturated carbocycles. The average molecular weight is 659 g/mol. The Morgan fingerprint density at radius 1 is 1.11 bits per heavy atom. The molecule has 0 aliphatic heterocycles. The van der Waals surface area contributed by atoms with Crippen molar-refractivity contribution in [2.24, 2.45) is 0 Å². The van der Waals surface area contributed by atoms with E-state index in [-0.39, 0.29) is 27.4 Å². The molecule has 1 aliphatic rings. The van der Waals surface area contributed by atoms with E-state index < -0.39 is 36.3 Å². The summed E-state index contributed by atoms with van der Waals surface area (Å²) in [4.78, 5) is 8.74. The Balaban J connectivity index is 1.60. The highest BCUT2D eigenvalue weighted by Crippen LogP contribution is 2.42. The zero-order valence-corrected chi connectivity index (χ0v) is 28.7. The second-order valence-corrected chi connectivity index (χ2v) is 20.2. The van der Waals surface area contributed by atoms with Crippen molar-refractivity contribution in [1.82, 2.24) is 13.9 Å². The van der Waals surface area contributed by atoms with Crippen molar-refractivity contribution in [3.63, 3.8) is 0 Å². The maximum absolute atomic E-state index is 15.7. The van der Waals surface area contributed by atoms with Crippen LogP contribution in [0, 0.1) is 19.7 Å². The summed E-state index contributed by atoms with van der Waals surface area (Å²) >= 11 is 6.35. The van der Waals surface area contributed by atoms with E-state index in [2.05, 4.69) is 49.1 Å². The monoisotopic (exact) mass is 658 g/mol. The van der Waals surface area contributed by atoms with Gasteiger partial charge in [-0.15, -0.1) is 0 Å². The summed E-state index contributed by atoms with van der Waals surface area (Å²) in [6.07, 6.45) is 4.81. The number of benzene rings is 1. The zero-order chi connectivity index (χ0) is 32.2. The molecule has 0 saturated heterocycles. The predicted molar refractivity (Wildman–Crippen MR) is 176 cm³/mol. The van der Waals surface area contributed by atoms with Crippen LogP contribution in [0.3, 0.4) is 0 Å². The molecule has 236 valence electrons. The van der Waals surface area contributed by atoms with Gasteiger partial charge in [0.2, 0.25) is 0 Å². The number of aliphatic hydroxyl groups is 1. The van der Waals surface area contributed by atoms with Crippen LogP contribution in [0.5, 0.6) is 0 Å². The van der Waals surface area contributed by atoms with Crippen molar-refractivity contribution in [3.8, 4) is 11.1 Å². The van der Waals surface area contributed by atoms with Crippen LogP contribution in [0.1, 0.15) is 51.3 Å². The summed E-state index contributed by atoms with van der Waals surface area (Å²) in [6.45, 7) is 14.4. The normalized spacial score (nSPS) is 19.8. The number of halogens is 2. The van der Waals surface area contributed by atoms with Gasteiger partial charge in [0.05, 0.1) is 40.1 Å². The third-order valence-electron chi connectivity index (χ3n) is 9.03. The number of nitrogens with one attached hydrogen (secondary N) is 1. The molecule has 1 aliphatic carbocycles. The van der Waals surface area contributed by atoms with Crippen LogP contribution in [-0.4, -0.2) is 54.0 Å². The van der Waals surface area contributed by atoms with Crippen LogP contribution < -0.4 is 5.32 Å². The first kappa shape index (κ1) is 32.6. The molecule has 1 aromatic carbocycles. The number of anilines is 1. The van der Waals surface area contributed by atoms with Crippen molar-refractivity contribution in [2.45, 2.75) is 95.2 Å². The van der Waals surface area contributed by atoms with Gasteiger partial charge in [0, 0.05) is 34.6 Å². The number of hydrogen-bond donors (Lipinski definition) is 2. The Labute approximate surface area is 264 Å². The topological polar surface area (TPSA) is 106 Å². The minimum atomic E-state index is -4.07. The summed E-state index contributed by atoms with van der Waals surface area (Å²) in [7, 11) is -6.24. The Hall–Kier alpha value is -2.83. The van der Waals surface area contributed by atoms with Crippen LogP contribution in [0.2, 0.25) is 23.2 Å². The number of fused-ring (bicyclic) bond motifs is 1. The molecule has 0 radical (unpaired) electrons. The first-order valence-electron chi connectivity index (χ1n) is 14.8. The van der Waals surface area contributed by atoms with Gasteiger partial charge in [0.1, 0.15) is 0 Å². The lowest BCUT2D eigenvalue weighted by Crippen LogP contribution is -2.53. The van der Waals surface area contributed by atoms with Crippen LogP contribution in [-0.2, 0) is 14.4 Å². The molecule has 12 heteroatoms. The number of aryl methyl sites for hydroxylation is 2. The Morgan fingerprint density at radius 3 is 2.45 bits per heavy atom. The second-order valence-electron chi connectivity index (χ2n) is 13.2. The highest BCUT2D eigenvalue weighted by atomic mass is 35.5. The van der Waals surface area contributed by atoms with Gasteiger partial charge in [-0.1, -0.05) is 50.1 Å². The van der Waals surface area contributed by atoms with E-state index >= 15 is 4.39 Å². The van der Waals surface area contributed by atoms with Crippen molar-refractivity contribution < 1.29 is 22.3 Å². The Kier molecular flexibility index (Phi) is 8.75. The number of nitrogens with zero attached hydrogens (tertiary/aromatic N) is 3. The molecule has 0 bridgehead atoms. The maximum atomic E-state index is 15.7. The zero-order valence-electron chi connectivity index (χ0n) is 26.1. The summed E-state index contributed by atoms with van der Waals surface area (Å²) in [5.74, 6) is -0.623. The lowest BCUT2D eigenvalue weighted by Gasteiger charge is -2.44. The Morgan fingerprint density at radius 2 is 1.80 bits per heavy atom. The molecule has 8 nitrogen and oxygen atoms in total. The largest absolute Gasteiger partial charge is 0.411 e. The van der Waals surface area contributed by atoms with Crippen LogP contribution in [0.25, 0.3) is 22.2 Å². The van der Waals surface area contributed by atoms with Gasteiger partial charge < -0.3 is 14.8 Å². The lowest BCUT2D eigenvalue weighted by molar-refractivity contribution is -0.00860. The number of rotatable bonds is 7. The van der Waals surface area contributed by atoms with Crippen molar-refractivity contribution in [1.29, 1.82) is 0 Å². The summed E-state index contributed by atoms with van der Waals surface area (Å²) in [5, 5.41) is 15.5. The van der Waals surface area contributed by atoms with Gasteiger partial charge in [0.25, 0.3) is 10.0 Å². The van der Waals surface area contributed by atoms with Gasteiger partial charge in [0.15, 0.2) is 19.8 Å². The third kappa shape index (κ3) is 6.04. The van der Waals surface area contributed by atoms with Crippen LogP contribution >= 0.6 is 11.6 Å². The molecular weight excluding hydrogens is 619 g/mol. The molecule has 2 N–H and O–H groups in total. The van der Waals surface area contributed by atoms with Gasteiger partial charge in [-0.25, -0.2) is 21.8 Å². The Bertz CT molecular complexity index is 1810. The summed E-state index contributed by atoms with van der Waals surface area (Å²) in [5.41, 5.74) is 2.45. The highest BCUT2D eigenvalue weighted by molar-refractivity contribution is 7.90. The summed E-state index contributed by atoms with van der Waals surface area (Å²) < 4.78 is 51.1. The number of aliphatic hydroxyl groups excluding tert-OH is 1. The van der Waals surface area contributed by atoms with E-state index in [9.17, 15) is 13.5 Å². The third-order valence-corrected chi connectivity index (χ3v) is 15.4. The average Bonchev–Trinajstić information content (AvgIpc) is 3.31. The first-order chi connectivity index (χ1) is 20.5. The van der Waals surface area contributed by atoms with Gasteiger partial charge in [-0.2, -0.15) is 0 Å². The van der Waals surface area contributed by atoms with E-state index in [0.717, 1.165) is 22.2 Å². The van der Waals surface area contributed by atoms with Crippen molar-refractivity contribution in [3.05, 3.63) is 71.0 Å². The molecule has 3 heterocycles. The minimum Gasteiger partial charge on any atom is -0.411 e. The highest BCUT2D eigenvalue weighted by Gasteiger charge is 2.43. The number of hydrogen-bond acceptors (Lipinski definition) is 7. The van der Waals surface area contributed by atoms with Gasteiger partial charge in [-0.05, 0) is 69.4 Å². The fourth-order valence-corrected chi connectivity index (χ4v) is 8.33. The van der Waals surface area contributed by atoms with E-state index in [1.54, 1.807) is 37.3 Å². The molecule has 1 fully saturated rings. The van der Waals surface area contributed by atoms with Crippen LogP contribution in [0.15, 0.2) is 53.8 Å². The standard InChI is InChI=1S/C32H40ClFN4O4SSi/c1-19-11-13-22(14-12-19)43(40,41)38-18-24(23-15-21(33)16-36-31(23)38)28-20(2)35-17-25(34)29(28)37-26-9-8-10-27(30(26)39)42-44(6,7)32(3,4)5/h11-18,26-27,30,39H,8-10H2,1-7H3,(H,35,37)/t26-,27+,30+/m0/s1. The van der Waals surface area contributed by atoms with Crippen molar-refractivity contribution >= 4 is 46.7 Å². The maximum Gasteiger partial charge on any atom is 0.269 e. The van der Waals surface area contributed by atoms with E-state index in [1.165, 1.54) is 12.4 Å². The molecule has 3 aromatic heterocycles. The van der Waals surface area contributed by atoms with Crippen LogP contribution in [0.4, 0.5) is 10.1 Å². The summed E-state index contributed by atoms with van der Waals surface area (Å²) in [6, 6.07) is 7.66. The fourth-order valence-electron chi connectivity index (χ4n) is 5.48. The lowest BCUT2D eigenvalue weighted by atomic mass is 9.89. The molecular formula is C32H40ClFN4O4SSi. The molecule has 44 heavy (non-hydrogen) atoms. The molecule has 4 aromatic rings. The SMILES string of the molecule is Cc1ccc(S(=O)(=O)n2cc(-c3c(C)ncc(F)c3N[C@H]3CCC[C@@H](O[Si](C)(C)C(C)(C)C)[C@@H]3O)c3cc(Cl)cnc32)cc1. The molecule has 3 atom stereocenters.